The zero-order valence-corrected chi connectivity index (χ0v) is 9.86. The fourth-order valence-electron chi connectivity index (χ4n) is 1.32. The third-order valence-corrected chi connectivity index (χ3v) is 2.76. The van der Waals surface area contributed by atoms with Crippen LogP contribution in [-0.2, 0) is 10.1 Å². The Morgan fingerprint density at radius 3 is 2.00 bits per heavy atom. The van der Waals surface area contributed by atoms with Gasteiger partial charge in [-0.2, -0.15) is 13.2 Å². The minimum absolute atomic E-state index is 1.25. The maximum atomic E-state index is 10.7. The number of alkyl halides is 3. The SMILES string of the molecule is CCC1=[N+](C)CCC1.O=S(=O)([O-])C(F)(F)F. The molecule has 1 heterocycles. The lowest BCUT2D eigenvalue weighted by atomic mass is 10.2. The maximum Gasteiger partial charge on any atom is 0.485 e. The normalized spacial score (nSPS) is 17.1. The van der Waals surface area contributed by atoms with Gasteiger partial charge in [-0.05, 0) is 0 Å². The monoisotopic (exact) mass is 261 g/mol. The van der Waals surface area contributed by atoms with Crippen molar-refractivity contribution >= 4 is 15.8 Å². The summed E-state index contributed by atoms with van der Waals surface area (Å²) in [5.74, 6) is 0. The van der Waals surface area contributed by atoms with Gasteiger partial charge in [-0.1, -0.05) is 6.92 Å². The van der Waals surface area contributed by atoms with Crippen LogP contribution in [0.2, 0.25) is 0 Å². The number of halogens is 3. The number of hydrogen-bond donors (Lipinski definition) is 0. The Labute approximate surface area is 92.5 Å². The van der Waals surface area contributed by atoms with Crippen LogP contribution in [0.4, 0.5) is 13.2 Å². The van der Waals surface area contributed by atoms with Gasteiger partial charge in [0.1, 0.15) is 13.6 Å². The van der Waals surface area contributed by atoms with Crippen molar-refractivity contribution in [1.29, 1.82) is 0 Å². The van der Waals surface area contributed by atoms with E-state index < -0.39 is 15.6 Å². The first-order valence-corrected chi connectivity index (χ1v) is 6.08. The van der Waals surface area contributed by atoms with Crippen LogP contribution >= 0.6 is 0 Å². The second kappa shape index (κ2) is 5.62. The van der Waals surface area contributed by atoms with Crippen LogP contribution in [0, 0.1) is 0 Å². The molecule has 0 fully saturated rings. The van der Waals surface area contributed by atoms with E-state index in [1.165, 1.54) is 25.8 Å². The van der Waals surface area contributed by atoms with Gasteiger partial charge in [0.2, 0.25) is 0 Å². The van der Waals surface area contributed by atoms with Crippen LogP contribution < -0.4 is 0 Å². The largest absolute Gasteiger partial charge is 0.741 e. The van der Waals surface area contributed by atoms with Gasteiger partial charge in [0.25, 0.3) is 0 Å². The van der Waals surface area contributed by atoms with Gasteiger partial charge in [0.15, 0.2) is 15.8 Å². The molecule has 0 atom stereocenters. The molecule has 96 valence electrons. The Bertz CT molecular complexity index is 359. The molecule has 0 aromatic carbocycles. The Hall–Kier alpha value is -0.630. The molecule has 1 aliphatic heterocycles. The molecule has 0 unspecified atom stereocenters. The molecular formula is C8H14F3NO3S. The number of nitrogens with zero attached hydrogens (tertiary/aromatic N) is 1. The van der Waals surface area contributed by atoms with E-state index in [1.54, 1.807) is 5.71 Å². The highest BCUT2D eigenvalue weighted by Crippen LogP contribution is 2.20. The first kappa shape index (κ1) is 15.4. The molecule has 4 nitrogen and oxygen atoms in total. The van der Waals surface area contributed by atoms with E-state index >= 15 is 0 Å². The lowest BCUT2D eigenvalue weighted by Gasteiger charge is -2.08. The average molecular weight is 261 g/mol. The van der Waals surface area contributed by atoms with Crippen molar-refractivity contribution in [3.63, 3.8) is 0 Å². The maximum absolute atomic E-state index is 10.7. The fraction of sp³-hybridized carbons (Fsp3) is 0.875. The lowest BCUT2D eigenvalue weighted by molar-refractivity contribution is -0.489. The minimum Gasteiger partial charge on any atom is -0.741 e. The summed E-state index contributed by atoms with van der Waals surface area (Å²) < 4.78 is 61.3. The molecule has 0 spiro atoms. The van der Waals surface area contributed by atoms with Crippen molar-refractivity contribution < 1.29 is 30.7 Å². The van der Waals surface area contributed by atoms with Crippen LogP contribution in [0.1, 0.15) is 26.2 Å². The van der Waals surface area contributed by atoms with Crippen LogP contribution in [-0.4, -0.2) is 42.4 Å². The van der Waals surface area contributed by atoms with Gasteiger partial charge in [0.05, 0.1) is 0 Å². The van der Waals surface area contributed by atoms with E-state index in [-0.39, 0.29) is 0 Å². The minimum atomic E-state index is -6.09. The summed E-state index contributed by atoms with van der Waals surface area (Å²) in [6, 6.07) is 0. The van der Waals surface area contributed by atoms with Gasteiger partial charge in [-0.3, -0.25) is 0 Å². The predicted molar refractivity (Wildman–Crippen MR) is 51.3 cm³/mol. The van der Waals surface area contributed by atoms with E-state index in [0.717, 1.165) is 0 Å². The van der Waals surface area contributed by atoms with Gasteiger partial charge in [0, 0.05) is 19.3 Å². The average Bonchev–Trinajstić information content (AvgIpc) is 2.48. The molecule has 0 aliphatic carbocycles. The number of hydrogen-bond acceptors (Lipinski definition) is 3. The van der Waals surface area contributed by atoms with Crippen LogP contribution in [0.25, 0.3) is 0 Å². The highest BCUT2D eigenvalue weighted by atomic mass is 32.2. The molecule has 0 N–H and O–H groups in total. The fourth-order valence-corrected chi connectivity index (χ4v) is 1.32. The highest BCUT2D eigenvalue weighted by molar-refractivity contribution is 7.86. The van der Waals surface area contributed by atoms with E-state index in [0.29, 0.717) is 0 Å². The van der Waals surface area contributed by atoms with E-state index in [2.05, 4.69) is 18.5 Å². The summed E-state index contributed by atoms with van der Waals surface area (Å²) in [6.45, 7) is 3.51. The molecule has 16 heavy (non-hydrogen) atoms. The van der Waals surface area contributed by atoms with Gasteiger partial charge in [-0.15, -0.1) is 0 Å². The van der Waals surface area contributed by atoms with Crippen molar-refractivity contribution in [1.82, 2.24) is 0 Å². The lowest BCUT2D eigenvalue weighted by Crippen LogP contribution is -2.21. The van der Waals surface area contributed by atoms with E-state index in [9.17, 15) is 13.2 Å². The summed E-state index contributed by atoms with van der Waals surface area (Å²) >= 11 is 0. The van der Waals surface area contributed by atoms with Crippen molar-refractivity contribution in [3.05, 3.63) is 0 Å². The summed E-state index contributed by atoms with van der Waals surface area (Å²) in [5, 5.41) is 0. The molecular weight excluding hydrogens is 247 g/mol. The van der Waals surface area contributed by atoms with E-state index in [1.807, 2.05) is 0 Å². The van der Waals surface area contributed by atoms with Crippen molar-refractivity contribution in [2.75, 3.05) is 13.6 Å². The Kier molecular flexibility index (Phi) is 5.40. The standard InChI is InChI=1S/C7H14N.CHF3O3S/c1-3-7-5-4-6-8(7)2;2-1(3,4)8(5,6)7/h3-6H2,1-2H3;(H,5,6,7)/q+1;/p-1. The summed E-state index contributed by atoms with van der Waals surface area (Å²) in [6.07, 6.45) is 3.96. The summed E-state index contributed by atoms with van der Waals surface area (Å²) in [7, 11) is -3.90. The molecule has 1 aliphatic rings. The van der Waals surface area contributed by atoms with Gasteiger partial charge >= 0.3 is 5.51 Å². The topological polar surface area (TPSA) is 60.2 Å². The van der Waals surface area contributed by atoms with Crippen LogP contribution in [0.3, 0.4) is 0 Å². The zero-order chi connectivity index (χ0) is 13.0. The summed E-state index contributed by atoms with van der Waals surface area (Å²) in [5.41, 5.74) is -4.02. The zero-order valence-electron chi connectivity index (χ0n) is 9.04. The van der Waals surface area contributed by atoms with Crippen molar-refractivity contribution in [3.8, 4) is 0 Å². The molecule has 0 aromatic rings. The van der Waals surface area contributed by atoms with Crippen molar-refractivity contribution in [2.24, 2.45) is 0 Å². The third-order valence-electron chi connectivity index (χ3n) is 2.19. The first-order chi connectivity index (χ1) is 7.09. The smallest absolute Gasteiger partial charge is 0.485 e. The molecule has 0 radical (unpaired) electrons. The van der Waals surface area contributed by atoms with Gasteiger partial charge < -0.3 is 4.55 Å². The quantitative estimate of drug-likeness (QED) is 0.406. The molecule has 8 heteroatoms. The second-order valence-corrected chi connectivity index (χ2v) is 4.72. The molecule has 0 saturated carbocycles. The van der Waals surface area contributed by atoms with Crippen molar-refractivity contribution in [2.45, 2.75) is 31.7 Å². The molecule has 0 saturated heterocycles. The first-order valence-electron chi connectivity index (χ1n) is 4.67. The molecule has 1 rings (SSSR count). The number of rotatable bonds is 1. The van der Waals surface area contributed by atoms with Crippen LogP contribution in [0.15, 0.2) is 0 Å². The molecule has 0 amide bonds. The van der Waals surface area contributed by atoms with Crippen LogP contribution in [0.5, 0.6) is 0 Å². The van der Waals surface area contributed by atoms with E-state index in [4.69, 9.17) is 13.0 Å². The van der Waals surface area contributed by atoms with Gasteiger partial charge in [-0.25, -0.2) is 13.0 Å². The summed E-state index contributed by atoms with van der Waals surface area (Å²) in [4.78, 5) is 0. The Balaban J connectivity index is 0.000000281. The molecule has 0 bridgehead atoms. The second-order valence-electron chi connectivity index (χ2n) is 3.34. The third kappa shape index (κ3) is 4.93. The molecule has 0 aromatic heterocycles. The Morgan fingerprint density at radius 2 is 1.88 bits per heavy atom. The predicted octanol–water partition coefficient (Wildman–Crippen LogP) is 1.32. The Morgan fingerprint density at radius 1 is 1.44 bits per heavy atom. The highest BCUT2D eigenvalue weighted by Gasteiger charge is 2.36.